The molecule has 0 saturated heterocycles. The van der Waals surface area contributed by atoms with Gasteiger partial charge >= 0.3 is 0 Å². The Morgan fingerprint density at radius 3 is 2.75 bits per heavy atom. The van der Waals surface area contributed by atoms with E-state index in [1.54, 1.807) is 7.11 Å². The second kappa shape index (κ2) is 4.89. The van der Waals surface area contributed by atoms with Crippen molar-refractivity contribution < 1.29 is 4.74 Å². The summed E-state index contributed by atoms with van der Waals surface area (Å²) in [6.45, 7) is 2.69. The number of nitrogens with zero attached hydrogens (tertiary/aromatic N) is 2. The first-order valence-electron chi connectivity index (χ1n) is 6.54. The Balaban J connectivity index is 2.11. The molecule has 0 aliphatic heterocycles. The van der Waals surface area contributed by atoms with E-state index in [-0.39, 0.29) is 0 Å². The van der Waals surface area contributed by atoms with E-state index < -0.39 is 0 Å². The maximum atomic E-state index is 6.07. The molecule has 102 valence electrons. The minimum Gasteiger partial charge on any atom is -0.496 e. The average molecular weight is 267 g/mol. The molecule has 0 amide bonds. The molecular formula is C16H17N3O. The third kappa shape index (κ3) is 1.99. The predicted octanol–water partition coefficient (Wildman–Crippen LogP) is 2.98. The molecule has 1 aromatic heterocycles. The third-order valence-corrected chi connectivity index (χ3v) is 3.53. The number of anilines is 1. The SMILES string of the molecule is COc1ccccc1Cn1c(N)nc2c(C)cccc21. The highest BCUT2D eigenvalue weighted by Gasteiger charge is 2.11. The van der Waals surface area contributed by atoms with Crippen LogP contribution in [0.25, 0.3) is 11.0 Å². The van der Waals surface area contributed by atoms with Gasteiger partial charge in [-0.15, -0.1) is 0 Å². The van der Waals surface area contributed by atoms with Crippen LogP contribution in [-0.2, 0) is 6.54 Å². The van der Waals surface area contributed by atoms with E-state index in [4.69, 9.17) is 10.5 Å². The molecule has 20 heavy (non-hydrogen) atoms. The number of methoxy groups -OCH3 is 1. The number of aryl methyl sites for hydroxylation is 1. The molecule has 0 aliphatic rings. The molecule has 0 aliphatic carbocycles. The molecule has 0 spiro atoms. The number of nitrogens with two attached hydrogens (primary N) is 1. The molecule has 3 rings (SSSR count). The summed E-state index contributed by atoms with van der Waals surface area (Å²) in [4.78, 5) is 4.46. The lowest BCUT2D eigenvalue weighted by Crippen LogP contribution is -2.05. The summed E-state index contributed by atoms with van der Waals surface area (Å²) in [5.74, 6) is 1.39. The summed E-state index contributed by atoms with van der Waals surface area (Å²) in [5.41, 5.74) is 10.3. The number of imidazole rings is 1. The maximum absolute atomic E-state index is 6.07. The minimum absolute atomic E-state index is 0.528. The second-order valence-electron chi connectivity index (χ2n) is 4.81. The van der Waals surface area contributed by atoms with Crippen LogP contribution >= 0.6 is 0 Å². The van der Waals surface area contributed by atoms with E-state index in [2.05, 4.69) is 4.98 Å². The zero-order chi connectivity index (χ0) is 14.1. The van der Waals surface area contributed by atoms with Gasteiger partial charge < -0.3 is 15.0 Å². The lowest BCUT2D eigenvalue weighted by molar-refractivity contribution is 0.408. The highest BCUT2D eigenvalue weighted by atomic mass is 16.5. The number of fused-ring (bicyclic) bond motifs is 1. The molecule has 2 N–H and O–H groups in total. The van der Waals surface area contributed by atoms with Crippen LogP contribution in [0.3, 0.4) is 0 Å². The molecule has 4 nitrogen and oxygen atoms in total. The molecule has 0 radical (unpaired) electrons. The maximum Gasteiger partial charge on any atom is 0.201 e. The van der Waals surface area contributed by atoms with E-state index in [9.17, 15) is 0 Å². The van der Waals surface area contributed by atoms with Crippen LogP contribution in [-0.4, -0.2) is 16.7 Å². The molecule has 1 heterocycles. The van der Waals surface area contributed by atoms with Crippen LogP contribution in [0, 0.1) is 6.92 Å². The molecule has 4 heteroatoms. The summed E-state index contributed by atoms with van der Waals surface area (Å²) >= 11 is 0. The van der Waals surface area contributed by atoms with Crippen molar-refractivity contribution in [2.24, 2.45) is 0 Å². The molecular weight excluding hydrogens is 250 g/mol. The van der Waals surface area contributed by atoms with Crippen molar-refractivity contribution in [1.82, 2.24) is 9.55 Å². The highest BCUT2D eigenvalue weighted by Crippen LogP contribution is 2.25. The fourth-order valence-electron chi connectivity index (χ4n) is 2.48. The Morgan fingerprint density at radius 2 is 1.95 bits per heavy atom. The van der Waals surface area contributed by atoms with E-state index in [1.807, 2.05) is 54.0 Å². The average Bonchev–Trinajstić information content (AvgIpc) is 2.78. The van der Waals surface area contributed by atoms with Gasteiger partial charge in [-0.05, 0) is 24.6 Å². The summed E-state index contributed by atoms with van der Waals surface area (Å²) < 4.78 is 7.41. The topological polar surface area (TPSA) is 53.1 Å². The van der Waals surface area contributed by atoms with Gasteiger partial charge in [0.2, 0.25) is 5.95 Å². The highest BCUT2D eigenvalue weighted by molar-refractivity contribution is 5.81. The smallest absolute Gasteiger partial charge is 0.201 e. The monoisotopic (exact) mass is 267 g/mol. The molecule has 3 aromatic rings. The van der Waals surface area contributed by atoms with Crippen LogP contribution in [0.4, 0.5) is 5.95 Å². The van der Waals surface area contributed by atoms with Crippen molar-refractivity contribution in [2.75, 3.05) is 12.8 Å². The quantitative estimate of drug-likeness (QED) is 0.793. The fourth-order valence-corrected chi connectivity index (χ4v) is 2.48. The third-order valence-electron chi connectivity index (χ3n) is 3.53. The standard InChI is InChI=1S/C16H17N3O/c1-11-6-5-8-13-15(11)18-16(17)19(13)10-12-7-3-4-9-14(12)20-2/h3-9H,10H2,1-2H3,(H2,17,18). The number of hydrogen-bond acceptors (Lipinski definition) is 3. The van der Waals surface area contributed by atoms with Gasteiger partial charge in [-0.25, -0.2) is 4.98 Å². The first-order chi connectivity index (χ1) is 9.70. The number of benzene rings is 2. The van der Waals surface area contributed by atoms with Crippen LogP contribution in [0.1, 0.15) is 11.1 Å². The fraction of sp³-hybridized carbons (Fsp3) is 0.188. The van der Waals surface area contributed by atoms with Crippen LogP contribution < -0.4 is 10.5 Å². The summed E-state index contributed by atoms with van der Waals surface area (Å²) in [6.07, 6.45) is 0. The Labute approximate surface area is 117 Å². The number of rotatable bonds is 3. The van der Waals surface area contributed by atoms with Crippen LogP contribution in [0.2, 0.25) is 0 Å². The first kappa shape index (κ1) is 12.5. The summed E-state index contributed by atoms with van der Waals surface area (Å²) in [5, 5.41) is 0. The summed E-state index contributed by atoms with van der Waals surface area (Å²) in [6, 6.07) is 14.1. The van der Waals surface area contributed by atoms with Crippen LogP contribution in [0.15, 0.2) is 42.5 Å². The van der Waals surface area contributed by atoms with Crippen molar-refractivity contribution in [3.8, 4) is 5.75 Å². The van der Waals surface area contributed by atoms with Gasteiger partial charge in [0.05, 0.1) is 24.7 Å². The number of ether oxygens (including phenoxy) is 1. The normalized spacial score (nSPS) is 10.9. The Kier molecular flexibility index (Phi) is 3.06. The number of nitrogen functional groups attached to an aromatic ring is 1. The molecule has 0 saturated carbocycles. The van der Waals surface area contributed by atoms with E-state index in [0.717, 1.165) is 27.9 Å². The zero-order valence-corrected chi connectivity index (χ0v) is 11.6. The Bertz CT molecular complexity index is 762. The van der Waals surface area contributed by atoms with Crippen LogP contribution in [0.5, 0.6) is 5.75 Å². The van der Waals surface area contributed by atoms with Gasteiger partial charge in [-0.1, -0.05) is 30.3 Å². The van der Waals surface area contributed by atoms with Gasteiger partial charge in [0.25, 0.3) is 0 Å². The van der Waals surface area contributed by atoms with Gasteiger partial charge in [0.1, 0.15) is 5.75 Å². The van der Waals surface area contributed by atoms with E-state index in [1.165, 1.54) is 0 Å². The number of aromatic nitrogens is 2. The number of para-hydroxylation sites is 2. The van der Waals surface area contributed by atoms with Crippen molar-refractivity contribution in [3.05, 3.63) is 53.6 Å². The lowest BCUT2D eigenvalue weighted by Gasteiger charge is -2.10. The van der Waals surface area contributed by atoms with Gasteiger partial charge in [-0.3, -0.25) is 0 Å². The van der Waals surface area contributed by atoms with E-state index in [0.29, 0.717) is 12.5 Å². The van der Waals surface area contributed by atoms with E-state index >= 15 is 0 Å². The number of hydrogen-bond donors (Lipinski definition) is 1. The molecule has 2 aromatic carbocycles. The minimum atomic E-state index is 0.528. The van der Waals surface area contributed by atoms with Crippen molar-refractivity contribution in [2.45, 2.75) is 13.5 Å². The zero-order valence-electron chi connectivity index (χ0n) is 11.6. The lowest BCUT2D eigenvalue weighted by atomic mass is 10.2. The second-order valence-corrected chi connectivity index (χ2v) is 4.81. The molecule has 0 bridgehead atoms. The predicted molar refractivity (Wildman–Crippen MR) is 81.0 cm³/mol. The van der Waals surface area contributed by atoms with Crippen molar-refractivity contribution >= 4 is 17.0 Å². The first-order valence-corrected chi connectivity index (χ1v) is 6.54. The Morgan fingerprint density at radius 1 is 1.15 bits per heavy atom. The summed E-state index contributed by atoms with van der Waals surface area (Å²) in [7, 11) is 1.68. The molecule has 0 fully saturated rings. The Hall–Kier alpha value is -2.49. The van der Waals surface area contributed by atoms with Gasteiger partial charge in [-0.2, -0.15) is 0 Å². The largest absolute Gasteiger partial charge is 0.496 e. The molecule has 0 atom stereocenters. The van der Waals surface area contributed by atoms with Gasteiger partial charge in [0, 0.05) is 5.56 Å². The van der Waals surface area contributed by atoms with Crippen molar-refractivity contribution in [3.63, 3.8) is 0 Å². The molecule has 0 unspecified atom stereocenters. The van der Waals surface area contributed by atoms with Crippen molar-refractivity contribution in [1.29, 1.82) is 0 Å². The van der Waals surface area contributed by atoms with Gasteiger partial charge in [0.15, 0.2) is 0 Å².